The molecule has 0 aromatic heterocycles. The predicted molar refractivity (Wildman–Crippen MR) is 48.2 cm³/mol. The molecule has 1 aliphatic heterocycles. The Morgan fingerprint density at radius 1 is 1.46 bits per heavy atom. The van der Waals surface area contributed by atoms with Gasteiger partial charge in [-0.2, -0.15) is 0 Å². The fourth-order valence-electron chi connectivity index (χ4n) is 1.76. The molecule has 0 radical (unpaired) electrons. The van der Waals surface area contributed by atoms with Crippen molar-refractivity contribution in [2.24, 2.45) is 5.73 Å². The number of rotatable bonds is 3. The van der Waals surface area contributed by atoms with E-state index in [1.54, 1.807) is 0 Å². The van der Waals surface area contributed by atoms with E-state index in [0.29, 0.717) is 19.4 Å². The van der Waals surface area contributed by atoms with Crippen LogP contribution < -0.4 is 5.73 Å². The van der Waals surface area contributed by atoms with E-state index < -0.39 is 18.3 Å². The van der Waals surface area contributed by atoms with Gasteiger partial charge >= 0.3 is 0 Å². The van der Waals surface area contributed by atoms with Gasteiger partial charge in [0.1, 0.15) is 6.67 Å². The Labute approximate surface area is 78.1 Å². The van der Waals surface area contributed by atoms with Gasteiger partial charge in [0.05, 0.1) is 6.10 Å². The van der Waals surface area contributed by atoms with Crippen LogP contribution in [0.4, 0.5) is 4.39 Å². The molecule has 0 saturated carbocycles. The van der Waals surface area contributed by atoms with Gasteiger partial charge in [-0.05, 0) is 25.7 Å². The summed E-state index contributed by atoms with van der Waals surface area (Å²) in [6, 6.07) is 0. The van der Waals surface area contributed by atoms with Gasteiger partial charge in [0.25, 0.3) is 0 Å². The average Bonchev–Trinajstić information content (AvgIpc) is 2.30. The van der Waals surface area contributed by atoms with Gasteiger partial charge in [-0.15, -0.1) is 0 Å². The van der Waals surface area contributed by atoms with Crippen molar-refractivity contribution in [3.05, 3.63) is 0 Å². The summed E-state index contributed by atoms with van der Waals surface area (Å²) >= 11 is 0. The molecule has 1 saturated heterocycles. The molecule has 1 fully saturated rings. The van der Waals surface area contributed by atoms with Crippen LogP contribution in [0.3, 0.4) is 0 Å². The van der Waals surface area contributed by atoms with E-state index in [1.165, 1.54) is 0 Å². The Hall–Kier alpha value is -0.190. The van der Waals surface area contributed by atoms with Crippen molar-refractivity contribution in [1.29, 1.82) is 0 Å². The first-order chi connectivity index (χ1) is 6.16. The maximum Gasteiger partial charge on any atom is 0.115 e. The van der Waals surface area contributed by atoms with Crippen molar-refractivity contribution >= 4 is 0 Å². The normalized spacial score (nSPS) is 32.5. The van der Waals surface area contributed by atoms with E-state index in [-0.39, 0.29) is 0 Å². The maximum atomic E-state index is 12.1. The zero-order valence-electron chi connectivity index (χ0n) is 7.84. The second-order valence-corrected chi connectivity index (χ2v) is 3.84. The van der Waals surface area contributed by atoms with Crippen LogP contribution in [0.25, 0.3) is 0 Å². The molecule has 3 nitrogen and oxygen atoms in total. The predicted octanol–water partition coefficient (Wildman–Crippen LogP) is 0.605. The quantitative estimate of drug-likeness (QED) is 0.687. The maximum absolute atomic E-state index is 12.1. The summed E-state index contributed by atoms with van der Waals surface area (Å²) in [6.45, 7) is 0.639. The first-order valence-corrected chi connectivity index (χ1v) is 4.77. The second-order valence-electron chi connectivity index (χ2n) is 3.84. The highest BCUT2D eigenvalue weighted by Gasteiger charge is 2.29. The van der Waals surface area contributed by atoms with Crippen molar-refractivity contribution < 1.29 is 14.2 Å². The fraction of sp³-hybridized carbons (Fsp3) is 1.00. The van der Waals surface area contributed by atoms with Crippen LogP contribution in [0.2, 0.25) is 0 Å². The topological polar surface area (TPSA) is 55.5 Å². The van der Waals surface area contributed by atoms with Gasteiger partial charge in [0.15, 0.2) is 0 Å². The van der Waals surface area contributed by atoms with Crippen LogP contribution in [0.15, 0.2) is 0 Å². The monoisotopic (exact) mass is 191 g/mol. The van der Waals surface area contributed by atoms with E-state index in [9.17, 15) is 9.50 Å². The molecule has 2 atom stereocenters. The molecule has 2 unspecified atom stereocenters. The molecule has 0 bridgehead atoms. The van der Waals surface area contributed by atoms with Crippen LogP contribution in [0.1, 0.15) is 25.7 Å². The lowest BCUT2D eigenvalue weighted by Crippen LogP contribution is -2.43. The summed E-state index contributed by atoms with van der Waals surface area (Å²) in [5, 5.41) is 9.17. The average molecular weight is 191 g/mol. The molecule has 78 valence electrons. The Balaban J connectivity index is 2.41. The lowest BCUT2D eigenvalue weighted by atomic mass is 9.86. The van der Waals surface area contributed by atoms with E-state index in [4.69, 9.17) is 10.5 Å². The van der Waals surface area contributed by atoms with Crippen molar-refractivity contribution in [2.75, 3.05) is 19.9 Å². The minimum absolute atomic E-state index is 0.340. The number of aliphatic hydroxyl groups excluding tert-OH is 1. The number of halogens is 1. The van der Waals surface area contributed by atoms with Gasteiger partial charge < -0.3 is 15.6 Å². The number of hydrogen-bond acceptors (Lipinski definition) is 3. The second kappa shape index (κ2) is 4.88. The Morgan fingerprint density at radius 2 is 2.23 bits per heavy atom. The number of hydrogen-bond donors (Lipinski definition) is 2. The molecule has 0 aromatic rings. The molecular formula is C9H18FNO2. The highest BCUT2D eigenvalue weighted by atomic mass is 19.1. The Morgan fingerprint density at radius 3 is 2.92 bits per heavy atom. The molecule has 1 aliphatic rings. The summed E-state index contributed by atoms with van der Waals surface area (Å²) in [5.74, 6) is 0. The van der Waals surface area contributed by atoms with Crippen molar-refractivity contribution in [1.82, 2.24) is 0 Å². The first kappa shape index (κ1) is 10.9. The van der Waals surface area contributed by atoms with E-state index in [2.05, 4.69) is 0 Å². The lowest BCUT2D eigenvalue weighted by molar-refractivity contribution is 0.0931. The van der Waals surface area contributed by atoms with Gasteiger partial charge in [0.2, 0.25) is 0 Å². The zero-order valence-corrected chi connectivity index (χ0v) is 7.84. The fourth-order valence-corrected chi connectivity index (χ4v) is 1.76. The highest BCUT2D eigenvalue weighted by molar-refractivity contribution is 4.87. The lowest BCUT2D eigenvalue weighted by Gasteiger charge is -2.28. The molecule has 0 aliphatic carbocycles. The zero-order chi connectivity index (χ0) is 9.73. The Kier molecular flexibility index (Phi) is 4.09. The summed E-state index contributed by atoms with van der Waals surface area (Å²) in [7, 11) is 0. The summed E-state index contributed by atoms with van der Waals surface area (Å²) < 4.78 is 17.3. The van der Waals surface area contributed by atoms with Crippen LogP contribution in [-0.2, 0) is 4.74 Å². The molecule has 0 aromatic carbocycles. The van der Waals surface area contributed by atoms with Gasteiger partial charge in [-0.3, -0.25) is 0 Å². The van der Waals surface area contributed by atoms with E-state index in [1.807, 2.05) is 0 Å². The summed E-state index contributed by atoms with van der Waals surface area (Å²) in [6.07, 6.45) is 1.85. The third-order valence-corrected chi connectivity index (χ3v) is 2.53. The molecule has 1 heterocycles. The molecule has 13 heavy (non-hydrogen) atoms. The van der Waals surface area contributed by atoms with Crippen LogP contribution in [0, 0.1) is 0 Å². The van der Waals surface area contributed by atoms with Gasteiger partial charge in [-0.25, -0.2) is 4.39 Å². The number of nitrogens with two attached hydrogens (primary N) is 1. The van der Waals surface area contributed by atoms with Crippen molar-refractivity contribution in [3.8, 4) is 0 Å². The Bertz CT molecular complexity index is 147. The molecule has 0 spiro atoms. The highest BCUT2D eigenvalue weighted by Crippen LogP contribution is 2.23. The third-order valence-electron chi connectivity index (χ3n) is 2.53. The minimum atomic E-state index is -0.914. The molecule has 1 rings (SSSR count). The SMILES string of the molecule is NC1(CC(O)CF)CCCOCC1. The van der Waals surface area contributed by atoms with Gasteiger partial charge in [0, 0.05) is 18.8 Å². The summed E-state index contributed by atoms with van der Waals surface area (Å²) in [5.41, 5.74) is 5.60. The van der Waals surface area contributed by atoms with Crippen molar-refractivity contribution in [3.63, 3.8) is 0 Å². The van der Waals surface area contributed by atoms with Gasteiger partial charge in [-0.1, -0.05) is 0 Å². The summed E-state index contributed by atoms with van der Waals surface area (Å²) in [4.78, 5) is 0. The third kappa shape index (κ3) is 3.58. The first-order valence-electron chi connectivity index (χ1n) is 4.77. The smallest absolute Gasteiger partial charge is 0.115 e. The number of alkyl halides is 1. The standard InChI is InChI=1S/C9H18FNO2/c10-7-8(12)6-9(11)2-1-4-13-5-3-9/h8,12H,1-7,11H2. The van der Waals surface area contributed by atoms with E-state index in [0.717, 1.165) is 19.4 Å². The number of aliphatic hydroxyl groups is 1. The minimum Gasteiger partial charge on any atom is -0.390 e. The van der Waals surface area contributed by atoms with Crippen LogP contribution in [0.5, 0.6) is 0 Å². The van der Waals surface area contributed by atoms with Crippen molar-refractivity contribution in [2.45, 2.75) is 37.3 Å². The number of ether oxygens (including phenoxy) is 1. The molecular weight excluding hydrogens is 173 g/mol. The van der Waals surface area contributed by atoms with Crippen LogP contribution in [-0.4, -0.2) is 36.6 Å². The molecule has 4 heteroatoms. The molecule has 3 N–H and O–H groups in total. The van der Waals surface area contributed by atoms with Crippen LogP contribution >= 0.6 is 0 Å². The largest absolute Gasteiger partial charge is 0.390 e. The van der Waals surface area contributed by atoms with E-state index >= 15 is 0 Å². The molecule has 0 amide bonds.